The lowest BCUT2D eigenvalue weighted by molar-refractivity contribution is -0.0490. The molecule has 4 unspecified atom stereocenters. The van der Waals surface area contributed by atoms with Crippen LogP contribution in [0.4, 0.5) is 15.9 Å². The third kappa shape index (κ3) is 2.96. The zero-order chi connectivity index (χ0) is 17.3. The van der Waals surface area contributed by atoms with E-state index < -0.39 is 36.9 Å². The minimum atomic E-state index is -1.86. The van der Waals surface area contributed by atoms with Crippen LogP contribution in [-0.4, -0.2) is 49.9 Å². The molecule has 128 valence electrons. The predicted octanol–water partition coefficient (Wildman–Crippen LogP) is 0.281. The highest BCUT2D eigenvalue weighted by Crippen LogP contribution is 2.31. The van der Waals surface area contributed by atoms with Gasteiger partial charge in [0.05, 0.1) is 12.3 Å². The van der Waals surface area contributed by atoms with Crippen LogP contribution in [0.25, 0.3) is 0 Å². The minimum absolute atomic E-state index is 0.0136. The largest absolute Gasteiger partial charge is 0.506 e. The van der Waals surface area contributed by atoms with E-state index in [0.717, 1.165) is 4.57 Å². The Bertz CT molecular complexity index is 784. The summed E-state index contributed by atoms with van der Waals surface area (Å²) in [5, 5.41) is 31.1. The Hall–Kier alpha value is -2.49. The molecule has 1 aliphatic rings. The number of para-hydroxylation sites is 2. The Morgan fingerprint density at radius 3 is 2.71 bits per heavy atom. The summed E-state index contributed by atoms with van der Waals surface area (Å²) in [6.07, 6.45) is -4.58. The maximum atomic E-state index is 14.1. The molecule has 1 aromatic carbocycles. The van der Waals surface area contributed by atoms with Gasteiger partial charge in [-0.3, -0.25) is 4.57 Å². The van der Waals surface area contributed by atoms with Gasteiger partial charge in [-0.05, 0) is 18.2 Å². The van der Waals surface area contributed by atoms with Gasteiger partial charge in [0, 0.05) is 6.20 Å². The molecule has 2 aromatic rings. The van der Waals surface area contributed by atoms with Gasteiger partial charge in [-0.1, -0.05) is 12.1 Å². The van der Waals surface area contributed by atoms with E-state index in [1.807, 2.05) is 0 Å². The SMILES string of the molecule is O=c1nc(Nc2ccccc2O)ccn1C1OC(CO)C(O)C1F. The van der Waals surface area contributed by atoms with Crippen molar-refractivity contribution >= 4 is 11.5 Å². The van der Waals surface area contributed by atoms with Crippen molar-refractivity contribution < 1.29 is 24.4 Å². The molecule has 0 spiro atoms. The second-order valence-electron chi connectivity index (χ2n) is 5.33. The second-order valence-corrected chi connectivity index (χ2v) is 5.33. The van der Waals surface area contributed by atoms with Crippen LogP contribution in [0, 0.1) is 0 Å². The molecule has 4 atom stereocenters. The highest BCUT2D eigenvalue weighted by molar-refractivity contribution is 5.62. The van der Waals surface area contributed by atoms with Crippen molar-refractivity contribution in [3.63, 3.8) is 0 Å². The number of rotatable bonds is 4. The topological polar surface area (TPSA) is 117 Å². The fourth-order valence-corrected chi connectivity index (χ4v) is 2.47. The Morgan fingerprint density at radius 2 is 2.08 bits per heavy atom. The van der Waals surface area contributed by atoms with Crippen LogP contribution in [0.1, 0.15) is 6.23 Å². The van der Waals surface area contributed by atoms with Crippen LogP contribution in [0.15, 0.2) is 41.3 Å². The number of hydrogen-bond acceptors (Lipinski definition) is 7. The summed E-state index contributed by atoms with van der Waals surface area (Å²) in [5.41, 5.74) is -0.438. The highest BCUT2D eigenvalue weighted by atomic mass is 19.1. The molecule has 0 bridgehead atoms. The normalized spacial score (nSPS) is 26.5. The summed E-state index contributed by atoms with van der Waals surface area (Å²) in [6, 6.07) is 7.82. The van der Waals surface area contributed by atoms with E-state index in [-0.39, 0.29) is 11.6 Å². The molecule has 0 radical (unpaired) electrons. The maximum Gasteiger partial charge on any atom is 0.351 e. The molecule has 0 aliphatic carbocycles. The van der Waals surface area contributed by atoms with Gasteiger partial charge in [0.25, 0.3) is 0 Å². The molecular formula is C15H16FN3O5. The number of phenols is 1. The Balaban J connectivity index is 1.83. The van der Waals surface area contributed by atoms with Gasteiger partial charge >= 0.3 is 5.69 Å². The first kappa shape index (κ1) is 16.4. The fourth-order valence-electron chi connectivity index (χ4n) is 2.47. The number of ether oxygens (including phenoxy) is 1. The molecule has 8 nitrogen and oxygen atoms in total. The van der Waals surface area contributed by atoms with E-state index >= 15 is 0 Å². The molecule has 3 rings (SSSR count). The third-order valence-corrected chi connectivity index (χ3v) is 3.74. The summed E-state index contributed by atoms with van der Waals surface area (Å²) in [4.78, 5) is 15.9. The maximum absolute atomic E-state index is 14.1. The van der Waals surface area contributed by atoms with Gasteiger partial charge in [0.1, 0.15) is 23.8 Å². The standard InChI is InChI=1S/C15H16FN3O5/c16-12-13(22)10(7-20)24-14(12)19-6-5-11(18-15(19)23)17-8-3-1-2-4-9(8)21/h1-6,10,12-14,20-22H,7H2,(H,17,18,23). The monoisotopic (exact) mass is 337 g/mol. The number of aromatic hydroxyl groups is 1. The minimum Gasteiger partial charge on any atom is -0.506 e. The van der Waals surface area contributed by atoms with Crippen molar-refractivity contribution in [2.75, 3.05) is 11.9 Å². The number of hydrogen-bond donors (Lipinski definition) is 4. The van der Waals surface area contributed by atoms with E-state index in [0.29, 0.717) is 5.69 Å². The summed E-state index contributed by atoms with van der Waals surface area (Å²) in [7, 11) is 0. The van der Waals surface area contributed by atoms with Gasteiger partial charge in [0.2, 0.25) is 0 Å². The van der Waals surface area contributed by atoms with Crippen LogP contribution in [0.2, 0.25) is 0 Å². The lowest BCUT2D eigenvalue weighted by Gasteiger charge is -2.16. The Kier molecular flexibility index (Phi) is 4.47. The Morgan fingerprint density at radius 1 is 1.33 bits per heavy atom. The van der Waals surface area contributed by atoms with Crippen molar-refractivity contribution in [3.8, 4) is 5.75 Å². The number of anilines is 2. The number of aliphatic hydroxyl groups is 2. The first-order valence-electron chi connectivity index (χ1n) is 7.24. The first-order valence-corrected chi connectivity index (χ1v) is 7.24. The summed E-state index contributed by atoms with van der Waals surface area (Å²) in [6.45, 7) is -0.562. The lowest BCUT2D eigenvalue weighted by Crippen LogP contribution is -2.33. The van der Waals surface area contributed by atoms with E-state index in [1.165, 1.54) is 18.3 Å². The molecular weight excluding hydrogens is 321 g/mol. The van der Waals surface area contributed by atoms with E-state index in [1.54, 1.807) is 18.2 Å². The van der Waals surface area contributed by atoms with Crippen molar-refractivity contribution in [2.45, 2.75) is 24.6 Å². The summed E-state index contributed by atoms with van der Waals surface area (Å²) >= 11 is 0. The van der Waals surface area contributed by atoms with Crippen LogP contribution in [0.5, 0.6) is 5.75 Å². The number of halogens is 1. The highest BCUT2D eigenvalue weighted by Gasteiger charge is 2.45. The van der Waals surface area contributed by atoms with Gasteiger partial charge < -0.3 is 25.4 Å². The third-order valence-electron chi connectivity index (χ3n) is 3.74. The molecule has 0 amide bonds. The first-order chi connectivity index (χ1) is 11.5. The number of nitrogens with zero attached hydrogens (tertiary/aromatic N) is 2. The van der Waals surface area contributed by atoms with Crippen molar-refractivity contribution in [2.24, 2.45) is 0 Å². The Labute approximate surface area is 135 Å². The average molecular weight is 337 g/mol. The number of phenolic OH excluding ortho intramolecular Hbond substituents is 1. The van der Waals surface area contributed by atoms with Gasteiger partial charge in [-0.2, -0.15) is 4.98 Å². The van der Waals surface area contributed by atoms with Crippen LogP contribution in [0.3, 0.4) is 0 Å². The van der Waals surface area contributed by atoms with Gasteiger partial charge in [-0.25, -0.2) is 9.18 Å². The van der Waals surface area contributed by atoms with Crippen LogP contribution < -0.4 is 11.0 Å². The lowest BCUT2D eigenvalue weighted by atomic mass is 10.1. The molecule has 1 fully saturated rings. The predicted molar refractivity (Wildman–Crippen MR) is 81.8 cm³/mol. The summed E-state index contributed by atoms with van der Waals surface area (Å²) < 4.78 is 20.1. The molecule has 4 N–H and O–H groups in total. The zero-order valence-electron chi connectivity index (χ0n) is 12.4. The van der Waals surface area contributed by atoms with Crippen LogP contribution in [-0.2, 0) is 4.74 Å². The molecule has 9 heteroatoms. The quantitative estimate of drug-likeness (QED) is 0.592. The van der Waals surface area contributed by atoms with E-state index in [9.17, 15) is 19.4 Å². The van der Waals surface area contributed by atoms with Gasteiger partial charge in [-0.15, -0.1) is 0 Å². The smallest absolute Gasteiger partial charge is 0.351 e. The summed E-state index contributed by atoms with van der Waals surface area (Å²) in [5.74, 6) is 0.144. The average Bonchev–Trinajstić information content (AvgIpc) is 2.85. The van der Waals surface area contributed by atoms with Gasteiger partial charge in [0.15, 0.2) is 12.4 Å². The number of alkyl halides is 1. The second kappa shape index (κ2) is 6.56. The van der Waals surface area contributed by atoms with Crippen LogP contribution >= 0.6 is 0 Å². The van der Waals surface area contributed by atoms with Crippen molar-refractivity contribution in [1.82, 2.24) is 9.55 Å². The number of aliphatic hydroxyl groups excluding tert-OH is 2. The number of nitrogens with one attached hydrogen (secondary N) is 1. The number of benzene rings is 1. The van der Waals surface area contributed by atoms with E-state index in [4.69, 9.17) is 9.84 Å². The van der Waals surface area contributed by atoms with Crippen molar-refractivity contribution in [1.29, 1.82) is 0 Å². The molecule has 0 saturated carbocycles. The fraction of sp³-hybridized carbons (Fsp3) is 0.333. The molecule has 2 heterocycles. The molecule has 24 heavy (non-hydrogen) atoms. The molecule has 1 aliphatic heterocycles. The number of aromatic nitrogens is 2. The molecule has 1 aromatic heterocycles. The zero-order valence-corrected chi connectivity index (χ0v) is 12.4. The molecule has 1 saturated heterocycles. The van der Waals surface area contributed by atoms with Crippen molar-refractivity contribution in [3.05, 3.63) is 47.0 Å². The van der Waals surface area contributed by atoms with E-state index in [2.05, 4.69) is 10.3 Å².